The normalized spacial score (nSPS) is 9.89. The second kappa shape index (κ2) is 7.45. The van der Waals surface area contributed by atoms with Crippen molar-refractivity contribution in [2.45, 2.75) is 13.3 Å². The summed E-state index contributed by atoms with van der Waals surface area (Å²) in [5.41, 5.74) is 1.28. The van der Waals surface area contributed by atoms with Gasteiger partial charge in [0.15, 0.2) is 0 Å². The van der Waals surface area contributed by atoms with E-state index in [2.05, 4.69) is 16.0 Å². The Balaban J connectivity index is 2.57. The van der Waals surface area contributed by atoms with E-state index in [1.165, 1.54) is 0 Å². The molecule has 0 saturated carbocycles. The number of carbonyl (C=O) groups is 2. The number of benzene rings is 1. The Bertz CT molecular complexity index is 401. The monoisotopic (exact) mass is 249 g/mol. The van der Waals surface area contributed by atoms with Crippen molar-refractivity contribution in [3.05, 3.63) is 29.8 Å². The molecule has 0 aliphatic heterocycles. The predicted octanol–water partition coefficient (Wildman–Crippen LogP) is 0.984. The van der Waals surface area contributed by atoms with Crippen LogP contribution in [0.15, 0.2) is 24.3 Å². The molecule has 5 nitrogen and oxygen atoms in total. The highest BCUT2D eigenvalue weighted by molar-refractivity contribution is 5.96. The van der Waals surface area contributed by atoms with E-state index in [-0.39, 0.29) is 18.4 Å². The summed E-state index contributed by atoms with van der Waals surface area (Å²) in [6.07, 6.45) is 0.907. The van der Waals surface area contributed by atoms with Crippen LogP contribution in [-0.2, 0) is 4.79 Å². The fourth-order valence-electron chi connectivity index (χ4n) is 1.41. The van der Waals surface area contributed by atoms with Crippen molar-refractivity contribution >= 4 is 17.5 Å². The lowest BCUT2D eigenvalue weighted by Crippen LogP contribution is -2.25. The molecule has 1 aromatic rings. The SMILES string of the molecule is CCCNC(=O)c1ccc(NC(=O)CNC)cc1. The van der Waals surface area contributed by atoms with Crippen molar-refractivity contribution in [2.75, 3.05) is 25.5 Å². The minimum absolute atomic E-state index is 0.0926. The number of nitrogens with one attached hydrogen (secondary N) is 3. The van der Waals surface area contributed by atoms with Crippen LogP contribution in [0.1, 0.15) is 23.7 Å². The molecule has 5 heteroatoms. The van der Waals surface area contributed by atoms with Crippen molar-refractivity contribution < 1.29 is 9.59 Å². The molecule has 0 spiro atoms. The van der Waals surface area contributed by atoms with Crippen molar-refractivity contribution in [3.8, 4) is 0 Å². The molecule has 0 radical (unpaired) electrons. The van der Waals surface area contributed by atoms with E-state index in [1.807, 2.05) is 6.92 Å². The average molecular weight is 249 g/mol. The van der Waals surface area contributed by atoms with E-state index in [0.717, 1.165) is 6.42 Å². The van der Waals surface area contributed by atoms with Gasteiger partial charge in [0.05, 0.1) is 6.54 Å². The number of likely N-dealkylation sites (N-methyl/N-ethyl adjacent to an activating group) is 1. The Morgan fingerprint density at radius 3 is 2.39 bits per heavy atom. The number of rotatable bonds is 6. The van der Waals surface area contributed by atoms with Gasteiger partial charge in [0.25, 0.3) is 5.91 Å². The van der Waals surface area contributed by atoms with Crippen LogP contribution < -0.4 is 16.0 Å². The predicted molar refractivity (Wildman–Crippen MR) is 71.6 cm³/mol. The first-order valence-corrected chi connectivity index (χ1v) is 6.00. The number of anilines is 1. The van der Waals surface area contributed by atoms with Crippen molar-refractivity contribution in [2.24, 2.45) is 0 Å². The van der Waals surface area contributed by atoms with E-state index in [4.69, 9.17) is 0 Å². The number of hydrogen-bond acceptors (Lipinski definition) is 3. The fourth-order valence-corrected chi connectivity index (χ4v) is 1.41. The first-order valence-electron chi connectivity index (χ1n) is 6.00. The summed E-state index contributed by atoms with van der Waals surface area (Å²) >= 11 is 0. The molecule has 0 unspecified atom stereocenters. The topological polar surface area (TPSA) is 70.2 Å². The second-order valence-corrected chi connectivity index (χ2v) is 3.91. The van der Waals surface area contributed by atoms with Crippen molar-refractivity contribution in [1.82, 2.24) is 10.6 Å². The maximum Gasteiger partial charge on any atom is 0.251 e. The van der Waals surface area contributed by atoms with E-state index in [9.17, 15) is 9.59 Å². The van der Waals surface area contributed by atoms with Crippen LogP contribution in [-0.4, -0.2) is 32.0 Å². The molecule has 18 heavy (non-hydrogen) atoms. The minimum Gasteiger partial charge on any atom is -0.352 e. The molecule has 0 saturated heterocycles. The first-order chi connectivity index (χ1) is 8.67. The number of amides is 2. The maximum atomic E-state index is 11.6. The quantitative estimate of drug-likeness (QED) is 0.704. The summed E-state index contributed by atoms with van der Waals surface area (Å²) in [6, 6.07) is 6.82. The van der Waals surface area contributed by atoms with Gasteiger partial charge in [0.1, 0.15) is 0 Å². The number of carbonyl (C=O) groups excluding carboxylic acids is 2. The van der Waals surface area contributed by atoms with Crippen molar-refractivity contribution in [3.63, 3.8) is 0 Å². The molecule has 0 atom stereocenters. The molecule has 0 heterocycles. The van der Waals surface area contributed by atoms with Gasteiger partial charge in [-0.1, -0.05) is 6.92 Å². The van der Waals surface area contributed by atoms with E-state index in [0.29, 0.717) is 17.8 Å². The summed E-state index contributed by atoms with van der Waals surface area (Å²) in [6.45, 7) is 2.93. The molecule has 0 aliphatic rings. The van der Waals surface area contributed by atoms with Crippen molar-refractivity contribution in [1.29, 1.82) is 0 Å². The zero-order valence-electron chi connectivity index (χ0n) is 10.7. The Kier molecular flexibility index (Phi) is 5.87. The third-order valence-corrected chi connectivity index (χ3v) is 2.30. The standard InChI is InChI=1S/C13H19N3O2/c1-3-8-15-13(18)10-4-6-11(7-5-10)16-12(17)9-14-2/h4-7,14H,3,8-9H2,1-2H3,(H,15,18)(H,16,17). The number of hydrogen-bond donors (Lipinski definition) is 3. The molecule has 0 aromatic heterocycles. The molecule has 0 aliphatic carbocycles. The van der Waals surface area contributed by atoms with Gasteiger partial charge in [-0.25, -0.2) is 0 Å². The van der Waals surface area contributed by atoms with Crippen LogP contribution in [0.3, 0.4) is 0 Å². The molecule has 1 aromatic carbocycles. The van der Waals surface area contributed by atoms with Gasteiger partial charge in [-0.05, 0) is 37.7 Å². The first kappa shape index (κ1) is 14.2. The lowest BCUT2D eigenvalue weighted by molar-refractivity contribution is -0.115. The lowest BCUT2D eigenvalue weighted by Gasteiger charge is -2.06. The third kappa shape index (κ3) is 4.55. The zero-order chi connectivity index (χ0) is 13.4. The van der Waals surface area contributed by atoms with Gasteiger partial charge in [-0.3, -0.25) is 9.59 Å². The molecule has 2 amide bonds. The average Bonchev–Trinajstić information content (AvgIpc) is 2.37. The van der Waals surface area contributed by atoms with Crippen LogP contribution in [0.2, 0.25) is 0 Å². The Morgan fingerprint density at radius 2 is 1.83 bits per heavy atom. The summed E-state index contributed by atoms with van der Waals surface area (Å²) in [7, 11) is 1.71. The molecular weight excluding hydrogens is 230 g/mol. The summed E-state index contributed by atoms with van der Waals surface area (Å²) < 4.78 is 0. The highest BCUT2D eigenvalue weighted by atomic mass is 16.2. The van der Waals surface area contributed by atoms with E-state index < -0.39 is 0 Å². The van der Waals surface area contributed by atoms with Crippen LogP contribution in [0.25, 0.3) is 0 Å². The lowest BCUT2D eigenvalue weighted by atomic mass is 10.2. The highest BCUT2D eigenvalue weighted by Crippen LogP contribution is 2.09. The van der Waals surface area contributed by atoms with Gasteiger partial charge in [-0.2, -0.15) is 0 Å². The van der Waals surface area contributed by atoms with Gasteiger partial charge < -0.3 is 16.0 Å². The van der Waals surface area contributed by atoms with Gasteiger partial charge in [0, 0.05) is 17.8 Å². The summed E-state index contributed by atoms with van der Waals surface area (Å²) in [5, 5.41) is 8.28. The summed E-state index contributed by atoms with van der Waals surface area (Å²) in [4.78, 5) is 23.0. The minimum atomic E-state index is -0.110. The molecular formula is C13H19N3O2. The van der Waals surface area contributed by atoms with Gasteiger partial charge in [-0.15, -0.1) is 0 Å². The maximum absolute atomic E-state index is 11.6. The largest absolute Gasteiger partial charge is 0.352 e. The Hall–Kier alpha value is -1.88. The fraction of sp³-hybridized carbons (Fsp3) is 0.385. The van der Waals surface area contributed by atoms with Crippen LogP contribution >= 0.6 is 0 Å². The van der Waals surface area contributed by atoms with E-state index in [1.54, 1.807) is 31.3 Å². The molecule has 98 valence electrons. The van der Waals surface area contributed by atoms with Crippen LogP contribution in [0, 0.1) is 0 Å². The Morgan fingerprint density at radius 1 is 1.17 bits per heavy atom. The highest BCUT2D eigenvalue weighted by Gasteiger charge is 2.05. The van der Waals surface area contributed by atoms with Crippen LogP contribution in [0.4, 0.5) is 5.69 Å². The molecule has 1 rings (SSSR count). The van der Waals surface area contributed by atoms with Gasteiger partial charge >= 0.3 is 0 Å². The van der Waals surface area contributed by atoms with Crippen LogP contribution in [0.5, 0.6) is 0 Å². The third-order valence-electron chi connectivity index (χ3n) is 2.30. The van der Waals surface area contributed by atoms with Gasteiger partial charge in [0.2, 0.25) is 5.91 Å². The zero-order valence-corrected chi connectivity index (χ0v) is 10.7. The summed E-state index contributed by atoms with van der Waals surface area (Å²) in [5.74, 6) is -0.203. The smallest absolute Gasteiger partial charge is 0.251 e. The molecule has 3 N–H and O–H groups in total. The molecule has 0 fully saturated rings. The molecule has 0 bridgehead atoms. The Labute approximate surface area is 107 Å². The second-order valence-electron chi connectivity index (χ2n) is 3.91. The van der Waals surface area contributed by atoms with E-state index >= 15 is 0 Å².